The molecule has 25 heavy (non-hydrogen) atoms. The lowest BCUT2D eigenvalue weighted by Crippen LogP contribution is -2.36. The molecule has 1 heterocycles. The maximum absolute atomic E-state index is 12.6. The Balaban J connectivity index is 1.65. The van der Waals surface area contributed by atoms with Gasteiger partial charge in [-0.15, -0.1) is 0 Å². The zero-order chi connectivity index (χ0) is 18.1. The molecule has 0 N–H and O–H groups in total. The van der Waals surface area contributed by atoms with Gasteiger partial charge in [0, 0.05) is 25.7 Å². The minimum Gasteiger partial charge on any atom is -0.315 e. The molecule has 1 saturated heterocycles. The van der Waals surface area contributed by atoms with E-state index in [2.05, 4.69) is 0 Å². The summed E-state index contributed by atoms with van der Waals surface area (Å²) in [6.07, 6.45) is 3.82. The van der Waals surface area contributed by atoms with Crippen molar-refractivity contribution in [3.8, 4) is 0 Å². The van der Waals surface area contributed by atoms with Crippen LogP contribution in [0.5, 0.6) is 0 Å². The Morgan fingerprint density at radius 3 is 2.32 bits per heavy atom. The van der Waals surface area contributed by atoms with E-state index in [1.807, 2.05) is 32.0 Å². The molecular formula is C20H26N2O3. The van der Waals surface area contributed by atoms with Gasteiger partial charge in [0.2, 0.25) is 17.7 Å². The Labute approximate surface area is 149 Å². The van der Waals surface area contributed by atoms with Crippen molar-refractivity contribution in [3.63, 3.8) is 0 Å². The van der Waals surface area contributed by atoms with Gasteiger partial charge in [-0.05, 0) is 43.9 Å². The number of aryl methyl sites for hydroxylation is 1. The number of amides is 3. The van der Waals surface area contributed by atoms with E-state index in [9.17, 15) is 14.4 Å². The van der Waals surface area contributed by atoms with Gasteiger partial charge in [-0.3, -0.25) is 19.3 Å². The highest BCUT2D eigenvalue weighted by Crippen LogP contribution is 2.38. The van der Waals surface area contributed by atoms with E-state index in [-0.39, 0.29) is 42.5 Å². The highest BCUT2D eigenvalue weighted by atomic mass is 16.2. The molecule has 1 aromatic rings. The number of carbonyl (C=O) groups is 3. The van der Waals surface area contributed by atoms with Gasteiger partial charge >= 0.3 is 0 Å². The standard InChI is InChI=1S/C20H26N2O3/c1-13-7-6-10-17(14(13)2)21(3)18(23)11-12-22-19(24)15-8-4-5-9-16(15)20(22)25/h6-7,10,15-16H,4-5,8-9,11-12H2,1-3H3/t15-,16-/m0/s1. The van der Waals surface area contributed by atoms with Crippen LogP contribution in [0.4, 0.5) is 5.69 Å². The van der Waals surface area contributed by atoms with Gasteiger partial charge in [0.25, 0.3) is 0 Å². The number of fused-ring (bicyclic) bond motifs is 1. The summed E-state index contributed by atoms with van der Waals surface area (Å²) in [5.41, 5.74) is 3.07. The summed E-state index contributed by atoms with van der Waals surface area (Å²) >= 11 is 0. The van der Waals surface area contributed by atoms with Crippen LogP contribution in [0, 0.1) is 25.7 Å². The van der Waals surface area contributed by atoms with Gasteiger partial charge in [-0.1, -0.05) is 25.0 Å². The second-order valence-corrected chi connectivity index (χ2v) is 7.25. The number of likely N-dealkylation sites (tertiary alicyclic amines) is 1. The molecule has 2 atom stereocenters. The Hall–Kier alpha value is -2.17. The highest BCUT2D eigenvalue weighted by Gasteiger charge is 2.47. The summed E-state index contributed by atoms with van der Waals surface area (Å²) in [5.74, 6) is -0.515. The molecule has 1 aliphatic heterocycles. The lowest BCUT2D eigenvalue weighted by atomic mass is 9.81. The molecule has 0 radical (unpaired) electrons. The number of imide groups is 1. The van der Waals surface area contributed by atoms with Crippen LogP contribution in [-0.2, 0) is 14.4 Å². The SMILES string of the molecule is Cc1cccc(N(C)C(=O)CCN2C(=O)[C@H]3CCCC[C@@H]3C2=O)c1C. The highest BCUT2D eigenvalue weighted by molar-refractivity contribution is 6.05. The summed E-state index contributed by atoms with van der Waals surface area (Å²) in [7, 11) is 1.75. The van der Waals surface area contributed by atoms with Crippen LogP contribution in [0.2, 0.25) is 0 Å². The van der Waals surface area contributed by atoms with Gasteiger partial charge in [0.1, 0.15) is 0 Å². The van der Waals surface area contributed by atoms with Crippen molar-refractivity contribution in [2.24, 2.45) is 11.8 Å². The van der Waals surface area contributed by atoms with Gasteiger partial charge in [0.15, 0.2) is 0 Å². The smallest absolute Gasteiger partial charge is 0.233 e. The number of nitrogens with zero attached hydrogens (tertiary/aromatic N) is 2. The minimum absolute atomic E-state index is 0.0723. The van der Waals surface area contributed by atoms with E-state index in [0.717, 1.165) is 42.5 Å². The molecule has 3 rings (SSSR count). The molecule has 0 unspecified atom stereocenters. The Kier molecular flexibility index (Phi) is 4.93. The predicted molar refractivity (Wildman–Crippen MR) is 96.1 cm³/mol. The molecule has 5 heteroatoms. The largest absolute Gasteiger partial charge is 0.315 e. The number of hydrogen-bond donors (Lipinski definition) is 0. The Bertz CT molecular complexity index is 689. The maximum atomic E-state index is 12.6. The predicted octanol–water partition coefficient (Wildman–Crippen LogP) is 2.83. The summed E-state index contributed by atoms with van der Waals surface area (Å²) in [5, 5.41) is 0. The van der Waals surface area contributed by atoms with Crippen LogP contribution in [0.25, 0.3) is 0 Å². The monoisotopic (exact) mass is 342 g/mol. The number of benzene rings is 1. The first-order valence-corrected chi connectivity index (χ1v) is 9.09. The fourth-order valence-electron chi connectivity index (χ4n) is 4.06. The minimum atomic E-state index is -0.145. The van der Waals surface area contributed by atoms with Crippen molar-refractivity contribution >= 4 is 23.4 Å². The van der Waals surface area contributed by atoms with Gasteiger partial charge in [-0.25, -0.2) is 0 Å². The molecule has 2 fully saturated rings. The molecule has 1 aromatic carbocycles. The van der Waals surface area contributed by atoms with Crippen LogP contribution in [0.3, 0.4) is 0 Å². The third kappa shape index (κ3) is 3.20. The third-order valence-electron chi connectivity index (χ3n) is 5.79. The Morgan fingerprint density at radius 1 is 1.12 bits per heavy atom. The van der Waals surface area contributed by atoms with Crippen molar-refractivity contribution in [3.05, 3.63) is 29.3 Å². The van der Waals surface area contributed by atoms with Crippen LogP contribution in [0.1, 0.15) is 43.2 Å². The third-order valence-corrected chi connectivity index (χ3v) is 5.79. The quantitative estimate of drug-likeness (QED) is 0.791. The van der Waals surface area contributed by atoms with E-state index in [1.165, 1.54) is 4.90 Å². The van der Waals surface area contributed by atoms with E-state index >= 15 is 0 Å². The molecular weight excluding hydrogens is 316 g/mol. The van der Waals surface area contributed by atoms with E-state index in [0.29, 0.717) is 0 Å². The van der Waals surface area contributed by atoms with Gasteiger partial charge in [-0.2, -0.15) is 0 Å². The van der Waals surface area contributed by atoms with Crippen LogP contribution >= 0.6 is 0 Å². The molecule has 1 aliphatic carbocycles. The second kappa shape index (κ2) is 6.98. The first kappa shape index (κ1) is 17.6. The van der Waals surface area contributed by atoms with Gasteiger partial charge in [0.05, 0.1) is 11.8 Å². The van der Waals surface area contributed by atoms with Crippen LogP contribution in [-0.4, -0.2) is 36.2 Å². The summed E-state index contributed by atoms with van der Waals surface area (Å²) < 4.78 is 0. The number of carbonyl (C=O) groups excluding carboxylic acids is 3. The van der Waals surface area contributed by atoms with E-state index in [4.69, 9.17) is 0 Å². The molecule has 2 aliphatic rings. The lowest BCUT2D eigenvalue weighted by molar-refractivity contribution is -0.140. The maximum Gasteiger partial charge on any atom is 0.233 e. The topological polar surface area (TPSA) is 57.7 Å². The molecule has 0 spiro atoms. The molecule has 134 valence electrons. The lowest BCUT2D eigenvalue weighted by Gasteiger charge is -2.22. The average molecular weight is 342 g/mol. The van der Waals surface area contributed by atoms with Crippen molar-refractivity contribution in [1.29, 1.82) is 0 Å². The van der Waals surface area contributed by atoms with Crippen LogP contribution < -0.4 is 4.90 Å². The van der Waals surface area contributed by atoms with Gasteiger partial charge < -0.3 is 4.90 Å². The average Bonchev–Trinajstić information content (AvgIpc) is 2.86. The first-order valence-electron chi connectivity index (χ1n) is 9.09. The fourth-order valence-corrected chi connectivity index (χ4v) is 4.06. The van der Waals surface area contributed by atoms with E-state index in [1.54, 1.807) is 11.9 Å². The molecule has 0 bridgehead atoms. The number of hydrogen-bond acceptors (Lipinski definition) is 3. The normalized spacial score (nSPS) is 22.9. The molecule has 3 amide bonds. The Morgan fingerprint density at radius 2 is 1.72 bits per heavy atom. The molecule has 1 saturated carbocycles. The first-order chi connectivity index (χ1) is 11.9. The summed E-state index contributed by atoms with van der Waals surface area (Å²) in [6, 6.07) is 5.86. The summed E-state index contributed by atoms with van der Waals surface area (Å²) in [4.78, 5) is 40.5. The zero-order valence-electron chi connectivity index (χ0n) is 15.2. The number of anilines is 1. The van der Waals surface area contributed by atoms with Crippen molar-refractivity contribution in [2.75, 3.05) is 18.5 Å². The van der Waals surface area contributed by atoms with E-state index < -0.39 is 0 Å². The molecule has 0 aromatic heterocycles. The molecule has 5 nitrogen and oxygen atoms in total. The van der Waals surface area contributed by atoms with Crippen LogP contribution in [0.15, 0.2) is 18.2 Å². The summed E-state index contributed by atoms with van der Waals surface area (Å²) in [6.45, 7) is 4.20. The fraction of sp³-hybridized carbons (Fsp3) is 0.550. The zero-order valence-corrected chi connectivity index (χ0v) is 15.2. The second-order valence-electron chi connectivity index (χ2n) is 7.25. The van der Waals surface area contributed by atoms with Crippen molar-refractivity contribution < 1.29 is 14.4 Å². The van der Waals surface area contributed by atoms with Crippen molar-refractivity contribution in [2.45, 2.75) is 46.0 Å². The van der Waals surface area contributed by atoms with Crippen molar-refractivity contribution in [1.82, 2.24) is 4.90 Å². The number of rotatable bonds is 4.